The highest BCUT2D eigenvalue weighted by atomic mass is 16.5. The molecule has 1 aliphatic rings. The Kier molecular flexibility index (Phi) is 8.02. The lowest BCUT2D eigenvalue weighted by Gasteiger charge is -2.34. The molecule has 2 amide bonds. The van der Waals surface area contributed by atoms with Crippen LogP contribution in [-0.2, 0) is 4.79 Å². The van der Waals surface area contributed by atoms with Gasteiger partial charge in [0.05, 0.1) is 6.54 Å². The van der Waals surface area contributed by atoms with Gasteiger partial charge in [-0.05, 0) is 37.6 Å². The Hall–Kier alpha value is -2.67. The van der Waals surface area contributed by atoms with Crippen LogP contribution in [0.5, 0.6) is 0 Å². The zero-order valence-corrected chi connectivity index (χ0v) is 17.9. The molecule has 0 saturated carbocycles. The third-order valence-electron chi connectivity index (χ3n) is 5.38. The van der Waals surface area contributed by atoms with Gasteiger partial charge in [-0.2, -0.15) is 0 Å². The predicted octanol–water partition coefficient (Wildman–Crippen LogP) is 2.95. The van der Waals surface area contributed by atoms with Crippen LogP contribution in [0.4, 0.5) is 0 Å². The van der Waals surface area contributed by atoms with E-state index in [9.17, 15) is 9.59 Å². The Bertz CT molecular complexity index is 811. The lowest BCUT2D eigenvalue weighted by Crippen LogP contribution is -2.39. The molecule has 7 nitrogen and oxygen atoms in total. The van der Waals surface area contributed by atoms with Crippen LogP contribution in [0, 0.1) is 11.8 Å². The van der Waals surface area contributed by atoms with Gasteiger partial charge in [-0.1, -0.05) is 49.3 Å². The fourth-order valence-electron chi connectivity index (χ4n) is 4.10. The van der Waals surface area contributed by atoms with E-state index >= 15 is 0 Å². The lowest BCUT2D eigenvalue weighted by molar-refractivity contribution is -0.120. The van der Waals surface area contributed by atoms with Crippen LogP contribution in [-0.4, -0.2) is 54.6 Å². The molecule has 2 atom stereocenters. The first kappa shape index (κ1) is 22.0. The molecule has 3 rings (SSSR count). The summed E-state index contributed by atoms with van der Waals surface area (Å²) in [6.07, 6.45) is 3.32. The first-order valence-electron chi connectivity index (χ1n) is 10.8. The van der Waals surface area contributed by atoms with Gasteiger partial charge in [0.15, 0.2) is 11.5 Å². The van der Waals surface area contributed by atoms with Crippen molar-refractivity contribution in [3.63, 3.8) is 0 Å². The van der Waals surface area contributed by atoms with Gasteiger partial charge in [0.2, 0.25) is 5.91 Å². The average molecular weight is 413 g/mol. The summed E-state index contributed by atoms with van der Waals surface area (Å²) in [6, 6.07) is 11.0. The highest BCUT2D eigenvalue weighted by Crippen LogP contribution is 2.21. The van der Waals surface area contributed by atoms with Gasteiger partial charge < -0.3 is 20.1 Å². The molecule has 0 aliphatic carbocycles. The monoisotopic (exact) mass is 412 g/mol. The minimum Gasteiger partial charge on any atom is -0.355 e. The molecule has 1 aromatic carbocycles. The van der Waals surface area contributed by atoms with Crippen LogP contribution < -0.4 is 10.6 Å². The van der Waals surface area contributed by atoms with Gasteiger partial charge in [-0.3, -0.25) is 9.59 Å². The van der Waals surface area contributed by atoms with Crippen LogP contribution in [0.25, 0.3) is 11.3 Å². The van der Waals surface area contributed by atoms with E-state index in [4.69, 9.17) is 4.52 Å². The summed E-state index contributed by atoms with van der Waals surface area (Å²) in [7, 11) is 0. The van der Waals surface area contributed by atoms with Crippen molar-refractivity contribution >= 4 is 11.8 Å². The fraction of sp³-hybridized carbons (Fsp3) is 0.522. The average Bonchev–Trinajstić information content (AvgIpc) is 3.22. The molecule has 2 unspecified atom stereocenters. The van der Waals surface area contributed by atoms with Crippen molar-refractivity contribution in [2.45, 2.75) is 33.1 Å². The maximum Gasteiger partial charge on any atom is 0.273 e. The molecule has 1 aromatic heterocycles. The maximum absolute atomic E-state index is 12.2. The molecule has 162 valence electrons. The van der Waals surface area contributed by atoms with Gasteiger partial charge in [-0.15, -0.1) is 0 Å². The number of hydrogen-bond acceptors (Lipinski definition) is 5. The molecule has 2 heterocycles. The van der Waals surface area contributed by atoms with Crippen LogP contribution in [0.3, 0.4) is 0 Å². The molecule has 30 heavy (non-hydrogen) atoms. The number of nitrogens with one attached hydrogen (secondary N) is 2. The number of hydrogen-bond donors (Lipinski definition) is 2. The molecule has 2 N–H and O–H groups in total. The van der Waals surface area contributed by atoms with Crippen molar-refractivity contribution in [2.75, 3.05) is 32.7 Å². The third-order valence-corrected chi connectivity index (χ3v) is 5.38. The van der Waals surface area contributed by atoms with E-state index in [1.54, 1.807) is 6.07 Å². The zero-order chi connectivity index (χ0) is 21.3. The molecule has 0 bridgehead atoms. The summed E-state index contributed by atoms with van der Waals surface area (Å²) in [4.78, 5) is 26.7. The number of nitrogens with zero attached hydrogens (tertiary/aromatic N) is 2. The second-order valence-corrected chi connectivity index (χ2v) is 8.39. The van der Waals surface area contributed by atoms with Crippen molar-refractivity contribution in [1.29, 1.82) is 0 Å². The standard InChI is InChI=1S/C23H32N4O3/c1-17-12-18(2)16-27(15-17)11-7-6-10-24-22(28)14-25-23(29)20-13-21(30-26-20)19-8-4-3-5-9-19/h3-5,8-9,13,17-18H,6-7,10-12,14-16H2,1-2H3,(H,24,28)(H,25,29). The summed E-state index contributed by atoms with van der Waals surface area (Å²) < 4.78 is 5.22. The molecule has 7 heteroatoms. The van der Waals surface area contributed by atoms with Crippen LogP contribution in [0.2, 0.25) is 0 Å². The molecule has 0 spiro atoms. The van der Waals surface area contributed by atoms with Gasteiger partial charge in [0.1, 0.15) is 0 Å². The third kappa shape index (κ3) is 6.69. The van der Waals surface area contributed by atoms with E-state index in [-0.39, 0.29) is 18.1 Å². The summed E-state index contributed by atoms with van der Waals surface area (Å²) in [5, 5.41) is 9.23. The van der Waals surface area contributed by atoms with Gasteiger partial charge >= 0.3 is 0 Å². The van der Waals surface area contributed by atoms with Crippen molar-refractivity contribution in [3.05, 3.63) is 42.1 Å². The largest absolute Gasteiger partial charge is 0.355 e. The summed E-state index contributed by atoms with van der Waals surface area (Å²) >= 11 is 0. The second kappa shape index (κ2) is 10.9. The van der Waals surface area contributed by atoms with Crippen molar-refractivity contribution in [1.82, 2.24) is 20.7 Å². The van der Waals surface area contributed by atoms with Crippen LogP contribution in [0.1, 0.15) is 43.6 Å². The molecule has 1 aliphatic heterocycles. The van der Waals surface area contributed by atoms with Crippen molar-refractivity contribution in [3.8, 4) is 11.3 Å². The Morgan fingerprint density at radius 3 is 2.57 bits per heavy atom. The fourth-order valence-corrected chi connectivity index (χ4v) is 4.10. The number of rotatable bonds is 9. The number of piperidine rings is 1. The van der Waals surface area contributed by atoms with Gasteiger partial charge in [0, 0.05) is 31.3 Å². The lowest BCUT2D eigenvalue weighted by atomic mass is 9.92. The van der Waals surface area contributed by atoms with Crippen LogP contribution >= 0.6 is 0 Å². The number of carbonyl (C=O) groups is 2. The van der Waals surface area contributed by atoms with Crippen molar-refractivity contribution in [2.24, 2.45) is 11.8 Å². The Morgan fingerprint density at radius 1 is 1.10 bits per heavy atom. The van der Waals surface area contributed by atoms with Gasteiger partial charge in [-0.25, -0.2) is 0 Å². The molecular weight excluding hydrogens is 380 g/mol. The summed E-state index contributed by atoms with van der Waals surface area (Å²) in [6.45, 7) is 8.62. The highest BCUT2D eigenvalue weighted by molar-refractivity contribution is 5.95. The minimum absolute atomic E-state index is 0.0759. The van der Waals surface area contributed by atoms with E-state index < -0.39 is 5.91 Å². The number of likely N-dealkylation sites (tertiary alicyclic amines) is 1. The molecule has 1 saturated heterocycles. The summed E-state index contributed by atoms with van der Waals surface area (Å²) in [5.41, 5.74) is 1.00. The Labute approximate surface area is 178 Å². The van der Waals surface area contributed by atoms with E-state index in [2.05, 4.69) is 34.5 Å². The number of aromatic nitrogens is 1. The van der Waals surface area contributed by atoms with Gasteiger partial charge in [0.25, 0.3) is 5.91 Å². The quantitative estimate of drug-likeness (QED) is 0.619. The topological polar surface area (TPSA) is 87.5 Å². The number of amides is 2. The Balaban J connectivity index is 1.30. The van der Waals surface area contributed by atoms with Crippen molar-refractivity contribution < 1.29 is 14.1 Å². The predicted molar refractivity (Wildman–Crippen MR) is 116 cm³/mol. The highest BCUT2D eigenvalue weighted by Gasteiger charge is 2.21. The molecular formula is C23H32N4O3. The van der Waals surface area contributed by atoms with E-state index in [0.29, 0.717) is 12.3 Å². The molecule has 2 aromatic rings. The Morgan fingerprint density at radius 2 is 1.83 bits per heavy atom. The minimum atomic E-state index is -0.426. The summed E-state index contributed by atoms with van der Waals surface area (Å²) in [5.74, 6) is 1.43. The first-order chi connectivity index (χ1) is 14.5. The van der Waals surface area contributed by atoms with E-state index in [0.717, 1.165) is 36.8 Å². The maximum atomic E-state index is 12.2. The number of benzene rings is 1. The van der Waals surface area contributed by atoms with Crippen LogP contribution in [0.15, 0.2) is 40.9 Å². The second-order valence-electron chi connectivity index (χ2n) is 8.39. The number of unbranched alkanes of at least 4 members (excludes halogenated alkanes) is 1. The zero-order valence-electron chi connectivity index (χ0n) is 17.9. The number of carbonyl (C=O) groups excluding carboxylic acids is 2. The first-order valence-corrected chi connectivity index (χ1v) is 10.8. The molecule has 0 radical (unpaired) electrons. The normalized spacial score (nSPS) is 19.4. The molecule has 1 fully saturated rings. The SMILES string of the molecule is CC1CC(C)CN(CCCCNC(=O)CNC(=O)c2cc(-c3ccccc3)on2)C1. The van der Waals surface area contributed by atoms with E-state index in [1.165, 1.54) is 19.5 Å². The van der Waals surface area contributed by atoms with E-state index in [1.807, 2.05) is 30.3 Å². The smallest absolute Gasteiger partial charge is 0.273 e.